The van der Waals surface area contributed by atoms with Crippen molar-refractivity contribution in [1.29, 1.82) is 0 Å². The maximum absolute atomic E-state index is 13.3. The molecule has 0 aliphatic rings. The Kier molecular flexibility index (Phi) is 4.59. The van der Waals surface area contributed by atoms with Crippen molar-refractivity contribution in [3.05, 3.63) is 62.9 Å². The van der Waals surface area contributed by atoms with E-state index in [4.69, 9.17) is 16.3 Å². The van der Waals surface area contributed by atoms with E-state index in [-0.39, 0.29) is 10.7 Å². The largest absolute Gasteiger partial charge is 0.496 e. The number of nitrogens with one attached hydrogen (secondary N) is 1. The van der Waals surface area contributed by atoms with Gasteiger partial charge in [0.25, 0.3) is 5.69 Å². The van der Waals surface area contributed by atoms with Gasteiger partial charge in [-0.25, -0.2) is 4.39 Å². The zero-order valence-corrected chi connectivity index (χ0v) is 11.9. The lowest BCUT2D eigenvalue weighted by Gasteiger charge is -2.08. The molecule has 5 nitrogen and oxygen atoms in total. The summed E-state index contributed by atoms with van der Waals surface area (Å²) >= 11 is 5.60. The Balaban J connectivity index is 2.17. The van der Waals surface area contributed by atoms with Crippen LogP contribution >= 0.6 is 11.6 Å². The molecule has 0 amide bonds. The Morgan fingerprint density at radius 2 is 2.10 bits per heavy atom. The Morgan fingerprint density at radius 1 is 1.33 bits per heavy atom. The van der Waals surface area contributed by atoms with Gasteiger partial charge in [-0.3, -0.25) is 10.1 Å². The molecule has 0 heterocycles. The highest BCUT2D eigenvalue weighted by Gasteiger charge is 2.10. The number of hydrogen-bond acceptors (Lipinski definition) is 4. The number of benzene rings is 2. The number of nitrogens with zero attached hydrogens (tertiary/aromatic N) is 1. The number of ether oxygens (including phenoxy) is 1. The van der Waals surface area contributed by atoms with Gasteiger partial charge in [0.15, 0.2) is 0 Å². The van der Waals surface area contributed by atoms with Gasteiger partial charge in [0.1, 0.15) is 11.6 Å². The summed E-state index contributed by atoms with van der Waals surface area (Å²) < 4.78 is 18.3. The molecule has 0 radical (unpaired) electrons. The Morgan fingerprint density at radius 3 is 2.71 bits per heavy atom. The molecule has 0 saturated carbocycles. The molecule has 0 aliphatic carbocycles. The summed E-state index contributed by atoms with van der Waals surface area (Å²) in [5, 5.41) is 13.9. The molecule has 0 unspecified atom stereocenters. The van der Waals surface area contributed by atoms with E-state index >= 15 is 0 Å². The minimum atomic E-state index is -0.529. The zero-order chi connectivity index (χ0) is 15.4. The summed E-state index contributed by atoms with van der Waals surface area (Å²) in [7, 11) is 1.44. The molecule has 0 spiro atoms. The molecule has 0 saturated heterocycles. The highest BCUT2D eigenvalue weighted by molar-refractivity contribution is 6.30. The van der Waals surface area contributed by atoms with Crippen LogP contribution in [0.1, 0.15) is 5.56 Å². The average Bonchev–Trinajstić information content (AvgIpc) is 2.48. The van der Waals surface area contributed by atoms with E-state index in [0.717, 1.165) is 0 Å². The number of rotatable bonds is 5. The predicted octanol–water partition coefficient (Wildman–Crippen LogP) is 4.01. The molecule has 0 bridgehead atoms. The summed E-state index contributed by atoms with van der Waals surface area (Å²) in [6.45, 7) is 0.291. The van der Waals surface area contributed by atoms with Crippen LogP contribution in [0, 0.1) is 15.9 Å². The average molecular weight is 311 g/mol. The molecule has 0 aromatic heterocycles. The third-order valence-corrected chi connectivity index (χ3v) is 3.12. The predicted molar refractivity (Wildman–Crippen MR) is 78.4 cm³/mol. The molecular formula is C14H12ClFN2O3. The number of hydrogen-bond donors (Lipinski definition) is 1. The van der Waals surface area contributed by atoms with Crippen molar-refractivity contribution >= 4 is 23.0 Å². The number of halogens is 2. The molecule has 2 aromatic carbocycles. The van der Waals surface area contributed by atoms with Gasteiger partial charge < -0.3 is 10.1 Å². The molecular weight excluding hydrogens is 299 g/mol. The highest BCUT2D eigenvalue weighted by atomic mass is 35.5. The number of anilines is 1. The maximum Gasteiger partial charge on any atom is 0.273 e. The van der Waals surface area contributed by atoms with Crippen LogP contribution in [-0.2, 0) is 6.54 Å². The smallest absolute Gasteiger partial charge is 0.273 e. The molecule has 21 heavy (non-hydrogen) atoms. The van der Waals surface area contributed by atoms with E-state index in [0.29, 0.717) is 23.5 Å². The van der Waals surface area contributed by atoms with E-state index in [1.807, 2.05) is 0 Å². The van der Waals surface area contributed by atoms with E-state index < -0.39 is 10.7 Å². The van der Waals surface area contributed by atoms with Crippen LogP contribution in [0.4, 0.5) is 15.8 Å². The lowest BCUT2D eigenvalue weighted by atomic mass is 10.2. The van der Waals surface area contributed by atoms with E-state index in [9.17, 15) is 14.5 Å². The van der Waals surface area contributed by atoms with Gasteiger partial charge in [-0.15, -0.1) is 0 Å². The number of nitro groups is 1. The fourth-order valence-electron chi connectivity index (χ4n) is 1.78. The highest BCUT2D eigenvalue weighted by Crippen LogP contribution is 2.24. The van der Waals surface area contributed by atoms with Gasteiger partial charge in [0, 0.05) is 18.3 Å². The van der Waals surface area contributed by atoms with Crippen LogP contribution in [-0.4, -0.2) is 12.0 Å². The fourth-order valence-corrected chi connectivity index (χ4v) is 1.90. The Labute approximate surface area is 125 Å². The van der Waals surface area contributed by atoms with Gasteiger partial charge in [-0.1, -0.05) is 11.6 Å². The molecule has 0 aliphatic heterocycles. The Bertz CT molecular complexity index is 679. The second-order valence-corrected chi connectivity index (χ2v) is 4.69. The number of non-ortho nitro benzene ring substituents is 1. The van der Waals surface area contributed by atoms with Gasteiger partial charge >= 0.3 is 0 Å². The van der Waals surface area contributed by atoms with Crippen LogP contribution in [0.5, 0.6) is 5.75 Å². The molecule has 2 aromatic rings. The standard InChI is InChI=1S/C14H12ClFN2O3/c1-21-12-5-9(4-11(7-12)18(19)20)8-17-10-2-3-13(15)14(16)6-10/h2-7,17H,8H2,1H3. The summed E-state index contributed by atoms with van der Waals surface area (Å²) in [5.41, 5.74) is 1.12. The number of nitro benzene ring substituents is 1. The van der Waals surface area contributed by atoms with Crippen molar-refractivity contribution in [3.8, 4) is 5.75 Å². The summed E-state index contributed by atoms with van der Waals surface area (Å²) in [6.07, 6.45) is 0. The molecule has 0 fully saturated rings. The van der Waals surface area contributed by atoms with Crippen LogP contribution in [0.3, 0.4) is 0 Å². The second kappa shape index (κ2) is 6.41. The van der Waals surface area contributed by atoms with Crippen LogP contribution in [0.25, 0.3) is 0 Å². The van der Waals surface area contributed by atoms with Crippen LogP contribution in [0.15, 0.2) is 36.4 Å². The normalized spacial score (nSPS) is 10.2. The van der Waals surface area contributed by atoms with Crippen LogP contribution in [0.2, 0.25) is 5.02 Å². The number of methoxy groups -OCH3 is 1. The first kappa shape index (κ1) is 15.1. The molecule has 1 N–H and O–H groups in total. The quantitative estimate of drug-likeness (QED) is 0.669. The van der Waals surface area contributed by atoms with Crippen molar-refractivity contribution in [2.24, 2.45) is 0 Å². The third-order valence-electron chi connectivity index (χ3n) is 2.81. The van der Waals surface area contributed by atoms with Crippen molar-refractivity contribution in [2.45, 2.75) is 6.54 Å². The van der Waals surface area contributed by atoms with Gasteiger partial charge in [-0.05, 0) is 29.8 Å². The van der Waals surface area contributed by atoms with Crippen molar-refractivity contribution in [1.82, 2.24) is 0 Å². The van der Waals surface area contributed by atoms with Gasteiger partial charge in [0.05, 0.1) is 23.1 Å². The Hall–Kier alpha value is -2.34. The molecule has 2 rings (SSSR count). The minimum absolute atomic E-state index is 0.0394. The monoisotopic (exact) mass is 310 g/mol. The summed E-state index contributed by atoms with van der Waals surface area (Å²) in [6, 6.07) is 8.77. The first-order valence-corrected chi connectivity index (χ1v) is 6.38. The van der Waals surface area contributed by atoms with Gasteiger partial charge in [0.2, 0.25) is 0 Å². The maximum atomic E-state index is 13.3. The van der Waals surface area contributed by atoms with Gasteiger partial charge in [-0.2, -0.15) is 0 Å². The topological polar surface area (TPSA) is 64.4 Å². The fraction of sp³-hybridized carbons (Fsp3) is 0.143. The van der Waals surface area contributed by atoms with Crippen molar-refractivity contribution < 1.29 is 14.1 Å². The first-order valence-electron chi connectivity index (χ1n) is 6.01. The lowest BCUT2D eigenvalue weighted by molar-refractivity contribution is -0.385. The zero-order valence-electron chi connectivity index (χ0n) is 11.1. The summed E-state index contributed by atoms with van der Waals surface area (Å²) in [5.74, 6) is -0.137. The van der Waals surface area contributed by atoms with E-state index in [2.05, 4.69) is 5.32 Å². The lowest BCUT2D eigenvalue weighted by Crippen LogP contribution is -2.01. The molecule has 0 atom stereocenters. The van der Waals surface area contributed by atoms with E-state index in [1.54, 1.807) is 12.1 Å². The minimum Gasteiger partial charge on any atom is -0.496 e. The summed E-state index contributed by atoms with van der Waals surface area (Å²) in [4.78, 5) is 10.4. The second-order valence-electron chi connectivity index (χ2n) is 4.28. The molecule has 110 valence electrons. The third kappa shape index (κ3) is 3.82. The van der Waals surface area contributed by atoms with E-state index in [1.165, 1.54) is 31.4 Å². The first-order chi connectivity index (χ1) is 9.99. The van der Waals surface area contributed by atoms with Crippen molar-refractivity contribution in [3.63, 3.8) is 0 Å². The van der Waals surface area contributed by atoms with Crippen molar-refractivity contribution in [2.75, 3.05) is 12.4 Å². The molecule has 7 heteroatoms. The SMILES string of the molecule is COc1cc(CNc2ccc(Cl)c(F)c2)cc([N+](=O)[O-])c1. The van der Waals surface area contributed by atoms with Crippen LogP contribution < -0.4 is 10.1 Å².